The lowest BCUT2D eigenvalue weighted by Gasteiger charge is -2.03. The van der Waals surface area contributed by atoms with Gasteiger partial charge in [0, 0.05) is 11.1 Å². The highest BCUT2D eigenvalue weighted by atomic mass is 79.9. The van der Waals surface area contributed by atoms with Crippen molar-refractivity contribution in [3.05, 3.63) is 44.6 Å². The molecule has 1 heterocycles. The van der Waals surface area contributed by atoms with E-state index in [0.29, 0.717) is 15.9 Å². The van der Waals surface area contributed by atoms with E-state index in [4.69, 9.17) is 0 Å². The van der Waals surface area contributed by atoms with E-state index < -0.39 is 5.82 Å². The van der Waals surface area contributed by atoms with Crippen molar-refractivity contribution < 1.29 is 9.18 Å². The lowest BCUT2D eigenvalue weighted by molar-refractivity contribution is 0.102. The Labute approximate surface area is 110 Å². The third-order valence-corrected chi connectivity index (χ3v) is 3.45. The summed E-state index contributed by atoms with van der Waals surface area (Å²) >= 11 is 4.44. The van der Waals surface area contributed by atoms with E-state index in [2.05, 4.69) is 26.2 Å². The van der Waals surface area contributed by atoms with Crippen LogP contribution in [0.5, 0.6) is 0 Å². The number of rotatable bonds is 2. The van der Waals surface area contributed by atoms with Crippen molar-refractivity contribution in [1.82, 2.24) is 4.98 Å². The number of hydrogen-bond acceptors (Lipinski definition) is 3. The molecule has 0 unspecified atom stereocenters. The largest absolute Gasteiger partial charge is 0.321 e. The first-order valence-corrected chi connectivity index (χ1v) is 6.42. The highest BCUT2D eigenvalue weighted by Gasteiger charge is 2.10. The van der Waals surface area contributed by atoms with E-state index in [9.17, 15) is 9.18 Å². The Morgan fingerprint density at radius 3 is 2.88 bits per heavy atom. The van der Waals surface area contributed by atoms with Gasteiger partial charge in [-0.15, -0.1) is 11.3 Å². The molecule has 3 nitrogen and oxygen atoms in total. The summed E-state index contributed by atoms with van der Waals surface area (Å²) in [6.07, 6.45) is 0. The van der Waals surface area contributed by atoms with Gasteiger partial charge in [0.15, 0.2) is 0 Å². The Morgan fingerprint density at radius 1 is 1.53 bits per heavy atom. The maximum atomic E-state index is 13.2. The van der Waals surface area contributed by atoms with Crippen LogP contribution in [-0.4, -0.2) is 10.9 Å². The standard InChI is InChI=1S/C11H8BrFN2OS/c1-6-14-10(5-17-6)11(16)15-7-2-3-8(12)9(13)4-7/h2-5H,1H3,(H,15,16). The number of anilines is 1. The lowest BCUT2D eigenvalue weighted by atomic mass is 10.3. The van der Waals surface area contributed by atoms with E-state index >= 15 is 0 Å². The van der Waals surface area contributed by atoms with Gasteiger partial charge < -0.3 is 5.32 Å². The van der Waals surface area contributed by atoms with E-state index in [1.165, 1.54) is 23.5 Å². The lowest BCUT2D eigenvalue weighted by Crippen LogP contribution is -2.12. The van der Waals surface area contributed by atoms with Crippen LogP contribution in [0.4, 0.5) is 10.1 Å². The van der Waals surface area contributed by atoms with Crippen molar-refractivity contribution in [2.45, 2.75) is 6.92 Å². The fourth-order valence-corrected chi connectivity index (χ4v) is 2.08. The van der Waals surface area contributed by atoms with Gasteiger partial charge in [0.05, 0.1) is 9.48 Å². The van der Waals surface area contributed by atoms with Crippen LogP contribution in [0.1, 0.15) is 15.5 Å². The Morgan fingerprint density at radius 2 is 2.29 bits per heavy atom. The molecule has 1 aromatic heterocycles. The topological polar surface area (TPSA) is 42.0 Å². The molecule has 0 bridgehead atoms. The van der Waals surface area contributed by atoms with Gasteiger partial charge in [0.2, 0.25) is 0 Å². The fraction of sp³-hybridized carbons (Fsp3) is 0.0909. The second kappa shape index (κ2) is 4.93. The number of carbonyl (C=O) groups is 1. The van der Waals surface area contributed by atoms with Crippen LogP contribution in [0.15, 0.2) is 28.1 Å². The summed E-state index contributed by atoms with van der Waals surface area (Å²) in [5, 5.41) is 5.07. The third-order valence-electron chi connectivity index (χ3n) is 2.03. The predicted octanol–water partition coefficient (Wildman–Crippen LogP) is 3.61. The molecule has 88 valence electrons. The summed E-state index contributed by atoms with van der Waals surface area (Å²) in [5.74, 6) is -0.756. The maximum Gasteiger partial charge on any atom is 0.275 e. The molecular weight excluding hydrogens is 307 g/mol. The quantitative estimate of drug-likeness (QED) is 0.920. The van der Waals surface area contributed by atoms with E-state index in [1.807, 2.05) is 6.92 Å². The van der Waals surface area contributed by atoms with Gasteiger partial charge in [0.25, 0.3) is 5.91 Å². The second-order valence-electron chi connectivity index (χ2n) is 3.33. The number of carbonyl (C=O) groups excluding carboxylic acids is 1. The van der Waals surface area contributed by atoms with Crippen molar-refractivity contribution in [3.63, 3.8) is 0 Å². The number of nitrogens with zero attached hydrogens (tertiary/aromatic N) is 1. The molecule has 1 amide bonds. The summed E-state index contributed by atoms with van der Waals surface area (Å²) in [6, 6.07) is 4.41. The molecule has 0 aliphatic carbocycles. The third kappa shape index (κ3) is 2.89. The molecule has 1 N–H and O–H groups in total. The van der Waals surface area contributed by atoms with Gasteiger partial charge in [-0.05, 0) is 41.1 Å². The van der Waals surface area contributed by atoms with E-state index in [1.54, 1.807) is 11.4 Å². The number of halogens is 2. The van der Waals surface area contributed by atoms with Crippen LogP contribution >= 0.6 is 27.3 Å². The zero-order valence-corrected chi connectivity index (χ0v) is 11.2. The highest BCUT2D eigenvalue weighted by Crippen LogP contribution is 2.20. The van der Waals surface area contributed by atoms with Gasteiger partial charge in [-0.3, -0.25) is 4.79 Å². The molecule has 0 radical (unpaired) electrons. The summed E-state index contributed by atoms with van der Waals surface area (Å²) < 4.78 is 13.6. The highest BCUT2D eigenvalue weighted by molar-refractivity contribution is 9.10. The average molecular weight is 315 g/mol. The Balaban J connectivity index is 2.15. The number of aryl methyl sites for hydroxylation is 1. The molecular formula is C11H8BrFN2OS. The summed E-state index contributed by atoms with van der Waals surface area (Å²) in [4.78, 5) is 15.8. The molecule has 0 aliphatic rings. The smallest absolute Gasteiger partial charge is 0.275 e. The first kappa shape index (κ1) is 12.2. The molecule has 0 saturated heterocycles. The number of aromatic nitrogens is 1. The molecule has 0 aliphatic heterocycles. The molecule has 2 aromatic rings. The van der Waals surface area contributed by atoms with Gasteiger partial charge in [-0.1, -0.05) is 0 Å². The minimum absolute atomic E-state index is 0.337. The van der Waals surface area contributed by atoms with E-state index in [-0.39, 0.29) is 5.91 Å². The van der Waals surface area contributed by atoms with Crippen LogP contribution in [-0.2, 0) is 0 Å². The minimum Gasteiger partial charge on any atom is -0.321 e. The number of benzene rings is 1. The van der Waals surface area contributed by atoms with Crippen LogP contribution in [0.3, 0.4) is 0 Å². The van der Waals surface area contributed by atoms with Crippen LogP contribution < -0.4 is 5.32 Å². The average Bonchev–Trinajstić information content (AvgIpc) is 2.70. The maximum absolute atomic E-state index is 13.2. The molecule has 0 saturated carbocycles. The monoisotopic (exact) mass is 314 g/mol. The molecule has 0 atom stereocenters. The molecule has 0 fully saturated rings. The molecule has 6 heteroatoms. The Bertz CT molecular complexity index is 570. The Hall–Kier alpha value is -1.27. The van der Waals surface area contributed by atoms with Crippen molar-refractivity contribution >= 4 is 38.9 Å². The van der Waals surface area contributed by atoms with Gasteiger partial charge in [0.1, 0.15) is 11.5 Å². The fourth-order valence-electron chi connectivity index (χ4n) is 1.24. The van der Waals surface area contributed by atoms with Gasteiger partial charge in [-0.2, -0.15) is 0 Å². The summed E-state index contributed by atoms with van der Waals surface area (Å²) in [7, 11) is 0. The molecule has 2 rings (SSSR count). The molecule has 0 spiro atoms. The second-order valence-corrected chi connectivity index (χ2v) is 5.25. The van der Waals surface area contributed by atoms with Crippen LogP contribution in [0.2, 0.25) is 0 Å². The van der Waals surface area contributed by atoms with Crippen molar-refractivity contribution in [2.24, 2.45) is 0 Å². The SMILES string of the molecule is Cc1nc(C(=O)Nc2ccc(Br)c(F)c2)cs1. The number of hydrogen-bond donors (Lipinski definition) is 1. The first-order valence-electron chi connectivity index (χ1n) is 4.75. The van der Waals surface area contributed by atoms with Crippen LogP contribution in [0, 0.1) is 12.7 Å². The normalized spacial score (nSPS) is 10.3. The number of nitrogens with one attached hydrogen (secondary N) is 1. The minimum atomic E-state index is -0.419. The first-order chi connectivity index (χ1) is 8.06. The van der Waals surface area contributed by atoms with Gasteiger partial charge in [-0.25, -0.2) is 9.37 Å². The van der Waals surface area contributed by atoms with Gasteiger partial charge >= 0.3 is 0 Å². The van der Waals surface area contributed by atoms with Crippen LogP contribution in [0.25, 0.3) is 0 Å². The van der Waals surface area contributed by atoms with Crippen molar-refractivity contribution in [1.29, 1.82) is 0 Å². The summed E-state index contributed by atoms with van der Waals surface area (Å²) in [5.41, 5.74) is 0.747. The summed E-state index contributed by atoms with van der Waals surface area (Å²) in [6.45, 7) is 1.82. The predicted molar refractivity (Wildman–Crippen MR) is 68.9 cm³/mol. The Kier molecular flexibility index (Phi) is 3.54. The zero-order valence-electron chi connectivity index (χ0n) is 8.83. The van der Waals surface area contributed by atoms with E-state index in [0.717, 1.165) is 5.01 Å². The molecule has 17 heavy (non-hydrogen) atoms. The number of amides is 1. The zero-order chi connectivity index (χ0) is 12.4. The van der Waals surface area contributed by atoms with Crippen molar-refractivity contribution in [2.75, 3.05) is 5.32 Å². The number of thiazole rings is 1. The van der Waals surface area contributed by atoms with Crippen molar-refractivity contribution in [3.8, 4) is 0 Å². The molecule has 1 aromatic carbocycles.